The second-order valence-corrected chi connectivity index (χ2v) is 20.5. The predicted molar refractivity (Wildman–Crippen MR) is 273 cm³/mol. The van der Waals surface area contributed by atoms with Crippen LogP contribution >= 0.6 is 11.6 Å². The first-order chi connectivity index (χ1) is 34.4. The van der Waals surface area contributed by atoms with Gasteiger partial charge in [0.2, 0.25) is 11.8 Å². The third kappa shape index (κ3) is 12.3. The predicted octanol–water partition coefficient (Wildman–Crippen LogP) is 8.22. The molecule has 3 N–H and O–H groups in total. The molecule has 0 radical (unpaired) electrons. The van der Waals surface area contributed by atoms with Crippen LogP contribution in [-0.2, 0) is 22.4 Å². The number of pyridine rings is 1. The number of carbonyl (C=O) groups is 1. The van der Waals surface area contributed by atoms with E-state index < -0.39 is 0 Å². The molecule has 1 atom stereocenters. The monoisotopic (exact) mass is 992 g/mol. The summed E-state index contributed by atoms with van der Waals surface area (Å²) >= 11 is 6.25. The van der Waals surface area contributed by atoms with Crippen LogP contribution in [0.5, 0.6) is 11.6 Å². The van der Waals surface area contributed by atoms with Crippen molar-refractivity contribution in [2.24, 2.45) is 10.8 Å². The fourth-order valence-corrected chi connectivity index (χ4v) is 10.9. The van der Waals surface area contributed by atoms with E-state index in [0.717, 1.165) is 106 Å². The molecule has 380 valence electrons. The zero-order valence-corrected chi connectivity index (χ0v) is 42.7. The molecule has 1 amide bonds. The zero-order chi connectivity index (χ0) is 50.0. The number of fused-ring (bicyclic) bond motifs is 1. The number of nitrogens with one attached hydrogen (secondary N) is 2. The maximum Gasteiger partial charge on any atom is 0.254 e. The summed E-state index contributed by atoms with van der Waals surface area (Å²) in [5.41, 5.74) is 3.04. The van der Waals surface area contributed by atoms with E-state index in [9.17, 15) is 15.2 Å². The molecule has 71 heavy (non-hydrogen) atoms. The summed E-state index contributed by atoms with van der Waals surface area (Å²) in [5, 5.41) is 30.7. The standard InChI is InChI=1S/C53H70ClN11O6/c1-6-37-35-60-65-44(29-45(61-47(37)65)64-20-8-7-12-40(64)19-23-66)56-31-36-13-16-46(57-32-36)70-27-11-25-68-24-9-10-26-69-41-17-21-63(22-18-41)51-58-33-39(34-59-51)48(67)62-49-52(2,3)50(53(49,4)5)71-42-15-14-38(30-55)43(54)28-42/h13-16,28-29,32-35,40-41,49-50,56,66H,6-12,17-27,31H2,1-5H3,(H,62,67)/t40-,49?,50?/m0/s1. The molecule has 3 fully saturated rings. The van der Waals surface area contributed by atoms with Crippen molar-refractivity contribution in [3.05, 3.63) is 88.5 Å². The molecule has 17 nitrogen and oxygen atoms in total. The molecule has 2 aliphatic heterocycles. The van der Waals surface area contributed by atoms with Crippen molar-refractivity contribution in [1.29, 1.82) is 5.26 Å². The Labute approximate surface area is 422 Å². The summed E-state index contributed by atoms with van der Waals surface area (Å²) in [6.45, 7) is 16.2. The number of hydrogen-bond acceptors (Lipinski definition) is 15. The Kier molecular flexibility index (Phi) is 17.1. The highest BCUT2D eigenvalue weighted by atomic mass is 35.5. The molecular formula is C53H70ClN11O6. The van der Waals surface area contributed by atoms with Gasteiger partial charge >= 0.3 is 0 Å². The number of aromatic nitrogens is 6. The number of nitriles is 1. The summed E-state index contributed by atoms with van der Waals surface area (Å²) in [7, 11) is 0. The molecule has 1 aliphatic carbocycles. The van der Waals surface area contributed by atoms with Crippen LogP contribution in [0.15, 0.2) is 61.2 Å². The van der Waals surface area contributed by atoms with Gasteiger partial charge in [0.1, 0.15) is 29.6 Å². The third-order valence-corrected chi connectivity index (χ3v) is 14.7. The Morgan fingerprint density at radius 2 is 1.69 bits per heavy atom. The van der Waals surface area contributed by atoms with Crippen LogP contribution in [0.1, 0.15) is 119 Å². The number of aliphatic hydroxyl groups is 1. The number of benzene rings is 1. The summed E-state index contributed by atoms with van der Waals surface area (Å²) in [6.07, 6.45) is 16.3. The Morgan fingerprint density at radius 1 is 0.915 bits per heavy atom. The van der Waals surface area contributed by atoms with Crippen LogP contribution in [0.2, 0.25) is 5.02 Å². The van der Waals surface area contributed by atoms with E-state index in [4.69, 9.17) is 35.5 Å². The Balaban J connectivity index is 0.673. The molecule has 0 unspecified atom stereocenters. The lowest BCUT2D eigenvalue weighted by molar-refractivity contribution is -0.164. The molecule has 0 bridgehead atoms. The van der Waals surface area contributed by atoms with Crippen molar-refractivity contribution < 1.29 is 28.8 Å². The van der Waals surface area contributed by atoms with Gasteiger partial charge in [-0.1, -0.05) is 52.3 Å². The van der Waals surface area contributed by atoms with Gasteiger partial charge in [0.05, 0.1) is 35.1 Å². The van der Waals surface area contributed by atoms with Gasteiger partial charge in [0, 0.05) is 124 Å². The van der Waals surface area contributed by atoms with Gasteiger partial charge in [-0.05, 0) is 75.5 Å². The molecule has 0 spiro atoms. The highest BCUT2D eigenvalue weighted by Gasteiger charge is 2.64. The van der Waals surface area contributed by atoms with Gasteiger partial charge in [0.25, 0.3) is 5.91 Å². The average molecular weight is 993 g/mol. The second kappa shape index (κ2) is 23.6. The van der Waals surface area contributed by atoms with Gasteiger partial charge < -0.3 is 44.5 Å². The number of hydrogen-bond donors (Lipinski definition) is 3. The van der Waals surface area contributed by atoms with E-state index >= 15 is 0 Å². The number of amides is 1. The molecule has 1 aromatic carbocycles. The van der Waals surface area contributed by atoms with Crippen molar-refractivity contribution in [3.8, 4) is 17.7 Å². The molecule has 3 aliphatic rings. The largest absolute Gasteiger partial charge is 0.489 e. The van der Waals surface area contributed by atoms with Crippen molar-refractivity contribution in [2.45, 2.75) is 130 Å². The lowest BCUT2D eigenvalue weighted by Crippen LogP contribution is -2.74. The van der Waals surface area contributed by atoms with Crippen molar-refractivity contribution >= 4 is 40.7 Å². The number of piperidine rings is 2. The number of carbonyl (C=O) groups excluding carboxylic acids is 1. The average Bonchev–Trinajstić information content (AvgIpc) is 3.81. The number of aryl methyl sites for hydroxylation is 1. The van der Waals surface area contributed by atoms with Crippen molar-refractivity contribution in [1.82, 2.24) is 34.9 Å². The Morgan fingerprint density at radius 3 is 2.41 bits per heavy atom. The van der Waals surface area contributed by atoms with Gasteiger partial charge in [-0.3, -0.25) is 4.79 Å². The summed E-state index contributed by atoms with van der Waals surface area (Å²) < 4.78 is 26.2. The lowest BCUT2D eigenvalue weighted by atomic mass is 9.49. The van der Waals surface area contributed by atoms with Crippen LogP contribution in [-0.4, -0.2) is 118 Å². The molecule has 4 aromatic heterocycles. The molecule has 18 heteroatoms. The molecule has 2 saturated heterocycles. The highest BCUT2D eigenvalue weighted by molar-refractivity contribution is 6.31. The fraction of sp³-hybridized carbons (Fsp3) is 0.566. The minimum absolute atomic E-state index is 0.167. The van der Waals surface area contributed by atoms with E-state index in [1.54, 1.807) is 30.6 Å². The van der Waals surface area contributed by atoms with Crippen LogP contribution in [0.4, 0.5) is 17.6 Å². The molecule has 1 saturated carbocycles. The van der Waals surface area contributed by atoms with Crippen molar-refractivity contribution in [2.75, 3.05) is 67.8 Å². The van der Waals surface area contributed by atoms with E-state index in [1.165, 1.54) is 6.42 Å². The van der Waals surface area contributed by atoms with Crippen LogP contribution in [0, 0.1) is 22.2 Å². The first-order valence-electron chi connectivity index (χ1n) is 25.4. The first-order valence-corrected chi connectivity index (χ1v) is 25.8. The Bertz CT molecular complexity index is 2560. The van der Waals surface area contributed by atoms with Crippen LogP contribution in [0.3, 0.4) is 0 Å². The molecule has 6 heterocycles. The number of rotatable bonds is 23. The van der Waals surface area contributed by atoms with E-state index in [1.807, 2.05) is 29.0 Å². The molecule has 5 aromatic rings. The van der Waals surface area contributed by atoms with Gasteiger partial charge in [-0.2, -0.15) is 14.9 Å². The minimum Gasteiger partial charge on any atom is -0.489 e. The molecular weight excluding hydrogens is 922 g/mol. The first kappa shape index (κ1) is 51.6. The van der Waals surface area contributed by atoms with E-state index in [0.29, 0.717) is 66.7 Å². The van der Waals surface area contributed by atoms with Gasteiger partial charge in [-0.25, -0.2) is 19.9 Å². The third-order valence-electron chi connectivity index (χ3n) is 14.3. The number of anilines is 3. The number of nitrogens with zero attached hydrogens (tertiary/aromatic N) is 9. The van der Waals surface area contributed by atoms with Crippen LogP contribution in [0.25, 0.3) is 5.65 Å². The fourth-order valence-electron chi connectivity index (χ4n) is 10.7. The van der Waals surface area contributed by atoms with E-state index in [-0.39, 0.29) is 47.6 Å². The van der Waals surface area contributed by atoms with Gasteiger partial charge in [0.15, 0.2) is 5.65 Å². The molecule has 8 rings (SSSR count). The minimum atomic E-state index is -0.380. The smallest absolute Gasteiger partial charge is 0.254 e. The topological polar surface area (TPSA) is 197 Å². The SMILES string of the molecule is CCc1cnn2c(NCc3ccc(OCCCOCCCCOC4CCN(c5ncc(C(=O)NC6C(C)(C)C(Oc7ccc(C#N)c(Cl)c7)C6(C)C)cn5)CC4)nc3)cc(N3CCCC[C@H]3CCO)nc12. The number of halogens is 1. The maximum absolute atomic E-state index is 13.4. The summed E-state index contributed by atoms with van der Waals surface area (Å²) in [5.74, 6) is 3.36. The highest BCUT2D eigenvalue weighted by Crippen LogP contribution is 2.55. The van der Waals surface area contributed by atoms with Crippen molar-refractivity contribution in [3.63, 3.8) is 0 Å². The lowest BCUT2D eigenvalue weighted by Gasteiger charge is -2.63. The Hall–Kier alpha value is -5.80. The van der Waals surface area contributed by atoms with Gasteiger partial charge in [-0.15, -0.1) is 0 Å². The zero-order valence-electron chi connectivity index (χ0n) is 41.9. The summed E-state index contributed by atoms with van der Waals surface area (Å²) in [6, 6.07) is 13.3. The normalized spacial score (nSPS) is 19.8. The van der Waals surface area contributed by atoms with Crippen LogP contribution < -0.4 is 29.9 Å². The maximum atomic E-state index is 13.4. The quantitative estimate of drug-likeness (QED) is 0.0529. The second-order valence-electron chi connectivity index (χ2n) is 20.1. The number of unbranched alkanes of at least 4 members (excludes halogenated alkanes) is 1. The number of ether oxygens (including phenoxy) is 4. The summed E-state index contributed by atoms with van der Waals surface area (Å²) in [4.78, 5) is 36.6. The number of aliphatic hydroxyl groups excluding tert-OH is 1. The van der Waals surface area contributed by atoms with E-state index in [2.05, 4.69) is 87.2 Å².